The first-order valence-electron chi connectivity index (χ1n) is 11.3. The lowest BCUT2D eigenvalue weighted by Crippen LogP contribution is -2.49. The van der Waals surface area contributed by atoms with Crippen molar-refractivity contribution in [2.75, 3.05) is 6.54 Å². The van der Waals surface area contributed by atoms with E-state index in [0.717, 1.165) is 21.7 Å². The third-order valence-electron chi connectivity index (χ3n) is 5.96. The Labute approximate surface area is 196 Å². The predicted octanol–water partition coefficient (Wildman–Crippen LogP) is 4.40. The quantitative estimate of drug-likeness (QED) is 0.694. The standard InChI is InChI=1S/C23H31N3O3S.C2H6/c1-14(23(3,4)5)22(29)26-12-18(27)10-19(26)21(28)24-11-16-6-8-17(9-7-16)20-15(2)25-13-30-20;1-2/h6-9,13-14,18-19,27H,10-12H2,1-5H3,(H,24,28);1-2H3. The Morgan fingerprint density at radius 3 is 2.41 bits per heavy atom. The SMILES string of the molecule is CC.Cc1ncsc1-c1ccc(CNC(=O)C2CC(O)CN2C(=O)C(C)C(C)(C)C)cc1. The largest absolute Gasteiger partial charge is 0.391 e. The highest BCUT2D eigenvalue weighted by atomic mass is 32.1. The first kappa shape index (κ1) is 26.0. The molecule has 1 aliphatic rings. The number of thiazole rings is 1. The highest BCUT2D eigenvalue weighted by Gasteiger charge is 2.42. The highest BCUT2D eigenvalue weighted by Crippen LogP contribution is 2.30. The zero-order chi connectivity index (χ0) is 24.1. The minimum absolute atomic E-state index is 0.0801. The van der Waals surface area contributed by atoms with Crippen LogP contribution in [-0.2, 0) is 16.1 Å². The van der Waals surface area contributed by atoms with Crippen molar-refractivity contribution in [3.8, 4) is 10.4 Å². The number of amides is 2. The van der Waals surface area contributed by atoms with Crippen molar-refractivity contribution >= 4 is 23.2 Å². The van der Waals surface area contributed by atoms with Gasteiger partial charge in [-0.3, -0.25) is 9.59 Å². The number of aryl methyl sites for hydroxylation is 1. The van der Waals surface area contributed by atoms with Crippen molar-refractivity contribution in [3.05, 3.63) is 41.0 Å². The number of carbonyl (C=O) groups is 2. The normalized spacial score (nSPS) is 19.2. The third kappa shape index (κ3) is 6.17. The van der Waals surface area contributed by atoms with E-state index in [1.54, 1.807) is 16.2 Å². The van der Waals surface area contributed by atoms with Crippen LogP contribution in [0.3, 0.4) is 0 Å². The monoisotopic (exact) mass is 459 g/mol. The summed E-state index contributed by atoms with van der Waals surface area (Å²) in [6, 6.07) is 7.41. The summed E-state index contributed by atoms with van der Waals surface area (Å²) in [7, 11) is 0. The number of β-amino-alcohol motifs (C(OH)–C–C–N with tert-alkyl or cyclic N) is 1. The number of nitrogens with one attached hydrogen (secondary N) is 1. The Bertz CT molecular complexity index is 902. The third-order valence-corrected chi connectivity index (χ3v) is 6.94. The van der Waals surface area contributed by atoms with Gasteiger partial charge in [0.1, 0.15) is 6.04 Å². The maximum absolute atomic E-state index is 12.9. The summed E-state index contributed by atoms with van der Waals surface area (Å²) in [4.78, 5) is 32.7. The van der Waals surface area contributed by atoms with E-state index in [1.165, 1.54) is 0 Å². The molecule has 1 saturated heterocycles. The van der Waals surface area contributed by atoms with E-state index >= 15 is 0 Å². The van der Waals surface area contributed by atoms with Gasteiger partial charge in [-0.05, 0) is 23.5 Å². The zero-order valence-electron chi connectivity index (χ0n) is 20.3. The molecule has 1 aromatic carbocycles. The van der Waals surface area contributed by atoms with E-state index in [2.05, 4.69) is 10.3 Å². The second-order valence-electron chi connectivity index (χ2n) is 9.17. The van der Waals surface area contributed by atoms with Gasteiger partial charge in [0.25, 0.3) is 0 Å². The summed E-state index contributed by atoms with van der Waals surface area (Å²) in [6.07, 6.45) is -0.392. The number of likely N-dealkylation sites (tertiary alicyclic amines) is 1. The molecular weight excluding hydrogens is 422 g/mol. The summed E-state index contributed by atoms with van der Waals surface area (Å²) < 4.78 is 0. The molecule has 2 aromatic rings. The molecule has 7 heteroatoms. The molecular formula is C25H37N3O3S. The van der Waals surface area contributed by atoms with Crippen molar-refractivity contribution in [1.29, 1.82) is 0 Å². The van der Waals surface area contributed by atoms with Crippen molar-refractivity contribution in [2.24, 2.45) is 11.3 Å². The number of rotatable bonds is 5. The van der Waals surface area contributed by atoms with Gasteiger partial charge >= 0.3 is 0 Å². The van der Waals surface area contributed by atoms with E-state index in [-0.39, 0.29) is 36.1 Å². The molecule has 0 aliphatic carbocycles. The van der Waals surface area contributed by atoms with Crippen LogP contribution >= 0.6 is 11.3 Å². The van der Waals surface area contributed by atoms with Crippen LogP contribution < -0.4 is 5.32 Å². The maximum atomic E-state index is 12.9. The van der Waals surface area contributed by atoms with Gasteiger partial charge in [-0.25, -0.2) is 4.98 Å². The average molecular weight is 460 g/mol. The molecule has 0 radical (unpaired) electrons. The number of hydrogen-bond donors (Lipinski definition) is 2. The Morgan fingerprint density at radius 1 is 1.25 bits per heavy atom. The first-order valence-corrected chi connectivity index (χ1v) is 12.2. The predicted molar refractivity (Wildman–Crippen MR) is 130 cm³/mol. The summed E-state index contributed by atoms with van der Waals surface area (Å²) in [5, 5.41) is 13.0. The minimum atomic E-state index is -0.668. The van der Waals surface area contributed by atoms with Crippen LogP contribution in [0.2, 0.25) is 0 Å². The number of aliphatic hydroxyl groups excluding tert-OH is 1. The lowest BCUT2D eigenvalue weighted by atomic mass is 9.81. The zero-order valence-corrected chi connectivity index (χ0v) is 21.1. The first-order chi connectivity index (χ1) is 15.1. The summed E-state index contributed by atoms with van der Waals surface area (Å²) >= 11 is 1.61. The number of aliphatic hydroxyl groups is 1. The number of aromatic nitrogens is 1. The summed E-state index contributed by atoms with van der Waals surface area (Å²) in [5.41, 5.74) is 4.73. The molecule has 2 heterocycles. The van der Waals surface area contributed by atoms with Gasteiger partial charge in [-0.15, -0.1) is 11.3 Å². The fraction of sp³-hybridized carbons (Fsp3) is 0.560. The molecule has 1 aromatic heterocycles. The highest BCUT2D eigenvalue weighted by molar-refractivity contribution is 7.13. The molecule has 176 valence electrons. The molecule has 0 saturated carbocycles. The Hall–Kier alpha value is -2.25. The van der Waals surface area contributed by atoms with Crippen LogP contribution in [0.15, 0.2) is 29.8 Å². The number of benzene rings is 1. The van der Waals surface area contributed by atoms with E-state index in [4.69, 9.17) is 0 Å². The number of nitrogens with zero attached hydrogens (tertiary/aromatic N) is 2. The Morgan fingerprint density at radius 2 is 1.88 bits per heavy atom. The number of carbonyl (C=O) groups excluding carboxylic acids is 2. The topological polar surface area (TPSA) is 82.5 Å². The Balaban J connectivity index is 0.00000176. The van der Waals surface area contributed by atoms with Crippen molar-refractivity contribution < 1.29 is 14.7 Å². The molecule has 1 fully saturated rings. The van der Waals surface area contributed by atoms with Crippen LogP contribution in [-0.4, -0.2) is 45.5 Å². The lowest BCUT2D eigenvalue weighted by molar-refractivity contribution is -0.144. The molecule has 2 amide bonds. The molecule has 3 atom stereocenters. The van der Waals surface area contributed by atoms with Gasteiger partial charge in [0.05, 0.1) is 22.2 Å². The average Bonchev–Trinajstić information content (AvgIpc) is 3.37. The van der Waals surface area contributed by atoms with Gasteiger partial charge < -0.3 is 15.3 Å². The molecule has 6 nitrogen and oxygen atoms in total. The minimum Gasteiger partial charge on any atom is -0.391 e. The van der Waals surface area contributed by atoms with Gasteiger partial charge in [-0.1, -0.05) is 65.8 Å². The second-order valence-corrected chi connectivity index (χ2v) is 10.0. The molecule has 3 rings (SSSR count). The lowest BCUT2D eigenvalue weighted by Gasteiger charge is -2.32. The van der Waals surface area contributed by atoms with Crippen molar-refractivity contribution in [1.82, 2.24) is 15.2 Å². The number of hydrogen-bond acceptors (Lipinski definition) is 5. The van der Waals surface area contributed by atoms with E-state index in [0.29, 0.717) is 6.54 Å². The van der Waals surface area contributed by atoms with E-state index in [1.807, 2.05) is 78.2 Å². The van der Waals surface area contributed by atoms with E-state index in [9.17, 15) is 14.7 Å². The molecule has 2 N–H and O–H groups in total. The molecule has 3 unspecified atom stereocenters. The van der Waals surface area contributed by atoms with Crippen LogP contribution in [0.5, 0.6) is 0 Å². The second kappa shape index (κ2) is 11.1. The molecule has 0 spiro atoms. The van der Waals surface area contributed by atoms with E-state index < -0.39 is 12.1 Å². The fourth-order valence-electron chi connectivity index (χ4n) is 3.58. The summed E-state index contributed by atoms with van der Waals surface area (Å²) in [5.74, 6) is -0.535. The summed E-state index contributed by atoms with van der Waals surface area (Å²) in [6.45, 7) is 14.5. The Kier molecular flexibility index (Phi) is 8.98. The molecule has 0 bridgehead atoms. The molecule has 1 aliphatic heterocycles. The van der Waals surface area contributed by atoms with Crippen LogP contribution in [0.4, 0.5) is 0 Å². The van der Waals surface area contributed by atoms with Crippen LogP contribution in [0.1, 0.15) is 59.2 Å². The van der Waals surface area contributed by atoms with Gasteiger partial charge in [0.15, 0.2) is 0 Å². The van der Waals surface area contributed by atoms with Crippen LogP contribution in [0, 0.1) is 18.3 Å². The van der Waals surface area contributed by atoms with Gasteiger partial charge in [-0.2, -0.15) is 0 Å². The van der Waals surface area contributed by atoms with Gasteiger partial charge in [0.2, 0.25) is 11.8 Å². The van der Waals surface area contributed by atoms with Crippen LogP contribution in [0.25, 0.3) is 10.4 Å². The fourth-order valence-corrected chi connectivity index (χ4v) is 4.40. The van der Waals surface area contributed by atoms with Gasteiger partial charge in [0, 0.05) is 25.4 Å². The maximum Gasteiger partial charge on any atom is 0.243 e. The van der Waals surface area contributed by atoms with Crippen molar-refractivity contribution in [3.63, 3.8) is 0 Å². The smallest absolute Gasteiger partial charge is 0.243 e. The van der Waals surface area contributed by atoms with Crippen molar-refractivity contribution in [2.45, 2.75) is 73.6 Å². The molecule has 32 heavy (non-hydrogen) atoms.